The number of pyridine rings is 3. The van der Waals surface area contributed by atoms with Crippen LogP contribution in [0.25, 0.3) is 186 Å². The molecule has 0 saturated heterocycles. The van der Waals surface area contributed by atoms with Crippen LogP contribution in [-0.4, -0.2) is 33.2 Å². The summed E-state index contributed by atoms with van der Waals surface area (Å²) in [5, 5.41) is 11.1. The van der Waals surface area contributed by atoms with Crippen LogP contribution in [0, 0.1) is 0 Å². The van der Waals surface area contributed by atoms with E-state index >= 15 is 0 Å². The van der Waals surface area contributed by atoms with Gasteiger partial charge in [-0.05, 0) is 123 Å². The molecule has 0 aliphatic heterocycles. The lowest BCUT2D eigenvalue weighted by Gasteiger charge is -2.27. The number of nitrogens with zero attached hydrogens (tertiary/aromatic N) is 7. The quantitative estimate of drug-likeness (QED) is 0.145. The Kier molecular flexibility index (Phi) is 11.8. The molecule has 0 unspecified atom stereocenters. The largest absolute Gasteiger partial charge is 0.305 e. The Balaban J connectivity index is 1.06. The van der Waals surface area contributed by atoms with Crippen molar-refractivity contribution in [2.75, 3.05) is 0 Å². The van der Waals surface area contributed by atoms with Crippen LogP contribution in [0.15, 0.2) is 322 Å². The molecule has 0 saturated carbocycles. The second-order valence-electron chi connectivity index (χ2n) is 24.7. The van der Waals surface area contributed by atoms with E-state index in [0.29, 0.717) is 0 Å². The molecule has 0 aliphatic rings. The van der Waals surface area contributed by atoms with Gasteiger partial charge in [0.25, 0.3) is 0 Å². The van der Waals surface area contributed by atoms with Crippen LogP contribution in [0.4, 0.5) is 0 Å². The Morgan fingerprint density at radius 2 is 0.589 bits per heavy atom. The van der Waals surface area contributed by atoms with Gasteiger partial charge in [-0.25, -0.2) is 4.98 Å². The minimum Gasteiger partial charge on any atom is -0.305 e. The summed E-state index contributed by atoms with van der Waals surface area (Å²) in [6, 6.07) is 109. The van der Waals surface area contributed by atoms with Crippen LogP contribution < -0.4 is 0 Å². The molecule has 20 aromatic rings. The average molecular weight is 1230 g/mol. The molecule has 0 spiro atoms. The third kappa shape index (κ3) is 8.08. The summed E-state index contributed by atoms with van der Waals surface area (Å²) in [5.74, 6) is 1.52. The van der Waals surface area contributed by atoms with Gasteiger partial charge in [-0.2, -0.15) is 0 Å². The van der Waals surface area contributed by atoms with E-state index in [1.54, 1.807) is 0 Å². The van der Waals surface area contributed by atoms with Gasteiger partial charge in [0.15, 0.2) is 11.6 Å². The van der Waals surface area contributed by atoms with Gasteiger partial charge >= 0.3 is 0 Å². The molecule has 0 fully saturated rings. The van der Waals surface area contributed by atoms with Gasteiger partial charge in [0, 0.05) is 99.2 Å². The SMILES string of the molecule is c1ccc(-c2ccc3c(c2)c2cc(-c4ccccc4)ccc2n3-c2nc(-n3c4ccc(-c5ccccc5)cc4c4cc(-c5ccccc5)ccc43)c(-n3c4ccccc4c4cnccc43)c(-c3cccc4c3sc3ccccc34)c2-n2c3ccccc3c3cnccc32)cc1. The van der Waals surface area contributed by atoms with Gasteiger partial charge in [-0.1, -0.05) is 218 Å². The van der Waals surface area contributed by atoms with Crippen molar-refractivity contribution in [2.45, 2.75) is 0 Å². The van der Waals surface area contributed by atoms with Gasteiger partial charge in [0.2, 0.25) is 0 Å². The molecule has 442 valence electrons. The number of aromatic nitrogens is 7. The van der Waals surface area contributed by atoms with Crippen LogP contribution in [0.5, 0.6) is 0 Å². The number of benzene rings is 12. The van der Waals surface area contributed by atoms with Crippen LogP contribution >= 0.6 is 11.3 Å². The van der Waals surface area contributed by atoms with Gasteiger partial charge in [-0.3, -0.25) is 19.1 Å². The van der Waals surface area contributed by atoms with E-state index in [1.165, 1.54) is 20.2 Å². The Morgan fingerprint density at radius 1 is 0.242 bits per heavy atom. The fraction of sp³-hybridized carbons (Fsp3) is 0. The fourth-order valence-electron chi connectivity index (χ4n) is 15.3. The van der Waals surface area contributed by atoms with Gasteiger partial charge in [-0.15, -0.1) is 11.3 Å². The van der Waals surface area contributed by atoms with Crippen LogP contribution in [0.2, 0.25) is 0 Å². The van der Waals surface area contributed by atoms with Gasteiger partial charge in [0.1, 0.15) is 11.4 Å². The Bertz CT molecular complexity index is 5880. The molecule has 8 heterocycles. The second kappa shape index (κ2) is 21.0. The van der Waals surface area contributed by atoms with E-state index in [2.05, 4.69) is 316 Å². The number of fused-ring (bicyclic) bond motifs is 15. The summed E-state index contributed by atoms with van der Waals surface area (Å²) in [5.41, 5.74) is 21.2. The van der Waals surface area contributed by atoms with Crippen LogP contribution in [0.3, 0.4) is 0 Å². The van der Waals surface area contributed by atoms with Crippen LogP contribution in [0.1, 0.15) is 0 Å². The predicted octanol–water partition coefficient (Wildman–Crippen LogP) is 23.0. The summed E-state index contributed by atoms with van der Waals surface area (Å²) in [6.45, 7) is 0. The standard InChI is InChI=1S/C87H53N7S/c1-5-20-54(21-6-1)58-36-40-75-67(48-58)68-49-59(55-22-7-2-8-23-55)37-41-76(68)93(75)86-83(91-73-33-16-13-28-62(73)71-52-88-46-44-79(71)91)82(66-32-19-31-65-64-30-15-18-35-81(64)95-85(65)66)84(92-74-34-17-14-29-63(74)72-53-89-47-45-80(72)92)87(90-86)94-77-42-38-60(56-24-9-3-10-25-56)50-69(77)70-51-61(39-43-78(70)94)57-26-11-4-12-27-57/h1-53H. The van der Waals surface area contributed by atoms with Crippen molar-refractivity contribution in [1.29, 1.82) is 0 Å². The summed E-state index contributed by atoms with van der Waals surface area (Å²) in [4.78, 5) is 16.4. The smallest absolute Gasteiger partial charge is 0.165 e. The highest BCUT2D eigenvalue weighted by Crippen LogP contribution is 2.52. The first-order chi connectivity index (χ1) is 47.2. The lowest BCUT2D eigenvalue weighted by Crippen LogP contribution is -2.16. The Labute approximate surface area is 549 Å². The molecular weight excluding hydrogens is 1180 g/mol. The monoisotopic (exact) mass is 1230 g/mol. The molecule has 0 radical (unpaired) electrons. The normalized spacial score (nSPS) is 12.0. The number of hydrogen-bond donors (Lipinski definition) is 0. The zero-order chi connectivity index (χ0) is 62.2. The lowest BCUT2D eigenvalue weighted by molar-refractivity contribution is 0.961. The molecular formula is C87H53N7S. The first-order valence-electron chi connectivity index (χ1n) is 32.2. The molecule has 0 bridgehead atoms. The van der Waals surface area contributed by atoms with Crippen molar-refractivity contribution in [3.05, 3.63) is 322 Å². The number of thiophene rings is 1. The summed E-state index contributed by atoms with van der Waals surface area (Å²) in [6.07, 6.45) is 7.94. The first kappa shape index (κ1) is 53.2. The summed E-state index contributed by atoms with van der Waals surface area (Å²) in [7, 11) is 0. The van der Waals surface area contributed by atoms with Crippen molar-refractivity contribution in [3.8, 4) is 78.6 Å². The fourth-order valence-corrected chi connectivity index (χ4v) is 16.6. The third-order valence-electron chi connectivity index (χ3n) is 19.6. The van der Waals surface area contributed by atoms with E-state index in [4.69, 9.17) is 15.0 Å². The number of hydrogen-bond acceptors (Lipinski definition) is 4. The van der Waals surface area contributed by atoms with Crippen molar-refractivity contribution < 1.29 is 0 Å². The second-order valence-corrected chi connectivity index (χ2v) is 25.7. The maximum absolute atomic E-state index is 6.69. The number of rotatable bonds is 9. The zero-order valence-electron chi connectivity index (χ0n) is 51.1. The minimum atomic E-state index is 0.760. The molecule has 0 atom stereocenters. The van der Waals surface area contributed by atoms with Crippen LogP contribution in [-0.2, 0) is 0 Å². The lowest BCUT2D eigenvalue weighted by atomic mass is 9.98. The van der Waals surface area contributed by atoms with Gasteiger partial charge < -0.3 is 9.13 Å². The highest BCUT2D eigenvalue weighted by Gasteiger charge is 2.34. The van der Waals surface area contributed by atoms with Crippen molar-refractivity contribution in [2.24, 2.45) is 0 Å². The Morgan fingerprint density at radius 3 is 1.01 bits per heavy atom. The van der Waals surface area contributed by atoms with Crippen molar-refractivity contribution in [1.82, 2.24) is 33.2 Å². The van der Waals surface area contributed by atoms with Crippen molar-refractivity contribution >= 4 is 119 Å². The molecule has 0 aliphatic carbocycles. The molecule has 20 rings (SSSR count). The summed E-state index contributed by atoms with van der Waals surface area (Å²) >= 11 is 1.85. The minimum absolute atomic E-state index is 0.760. The highest BCUT2D eigenvalue weighted by molar-refractivity contribution is 7.26. The van der Waals surface area contributed by atoms with E-state index in [9.17, 15) is 0 Å². The van der Waals surface area contributed by atoms with Gasteiger partial charge in [0.05, 0.1) is 44.1 Å². The first-order valence-corrected chi connectivity index (χ1v) is 33.0. The molecule has 8 aromatic heterocycles. The maximum atomic E-state index is 6.69. The zero-order valence-corrected chi connectivity index (χ0v) is 52.0. The predicted molar refractivity (Wildman–Crippen MR) is 397 cm³/mol. The maximum Gasteiger partial charge on any atom is 0.165 e. The van der Waals surface area contributed by atoms with E-state index in [0.717, 1.165) is 166 Å². The molecule has 0 N–H and O–H groups in total. The third-order valence-corrected chi connectivity index (χ3v) is 20.8. The molecule has 8 heteroatoms. The topological polar surface area (TPSA) is 58.4 Å². The molecule has 12 aromatic carbocycles. The molecule has 95 heavy (non-hydrogen) atoms. The highest BCUT2D eigenvalue weighted by atomic mass is 32.1. The average Bonchev–Trinajstić information content (AvgIpc) is 1.59. The van der Waals surface area contributed by atoms with E-state index in [1.807, 2.05) is 36.1 Å². The van der Waals surface area contributed by atoms with E-state index < -0.39 is 0 Å². The molecule has 0 amide bonds. The molecule has 7 nitrogen and oxygen atoms in total. The summed E-state index contributed by atoms with van der Waals surface area (Å²) < 4.78 is 12.4. The van der Waals surface area contributed by atoms with Crippen molar-refractivity contribution in [3.63, 3.8) is 0 Å². The number of para-hydroxylation sites is 2. The van der Waals surface area contributed by atoms with E-state index in [-0.39, 0.29) is 0 Å². The Hall–Kier alpha value is -12.5.